The molecule has 0 spiro atoms. The van der Waals surface area contributed by atoms with Crippen LogP contribution in [0.25, 0.3) is 21.2 Å². The van der Waals surface area contributed by atoms with Crippen LogP contribution in [0.4, 0.5) is 4.79 Å². The summed E-state index contributed by atoms with van der Waals surface area (Å²) in [5.74, 6) is -1.76. The predicted octanol–water partition coefficient (Wildman–Crippen LogP) is 6.96. The number of hydrogen-bond acceptors (Lipinski definition) is 5. The normalized spacial score (nSPS) is 13.8. The van der Waals surface area contributed by atoms with Crippen molar-refractivity contribution in [3.8, 4) is 11.1 Å². The Balaban J connectivity index is 1.38. The first-order valence-electron chi connectivity index (χ1n) is 13.9. The second kappa shape index (κ2) is 12.5. The number of nitrogens with zero attached hydrogens (tertiary/aromatic N) is 1. The van der Waals surface area contributed by atoms with Crippen LogP contribution in [0.2, 0.25) is 5.02 Å². The Hall–Kier alpha value is -3.88. The summed E-state index contributed by atoms with van der Waals surface area (Å²) >= 11 is 7.78. The molecule has 7 nitrogen and oxygen atoms in total. The fourth-order valence-electron chi connectivity index (χ4n) is 5.61. The molecule has 0 fully saturated rings. The molecule has 1 aliphatic carbocycles. The lowest BCUT2D eigenvalue weighted by molar-refractivity contribution is -0.143. The molecule has 3 aromatic carbocycles. The number of carbonyl (C=O) groups is 3. The number of ether oxygens (including phenoxy) is 1. The van der Waals surface area contributed by atoms with E-state index in [4.69, 9.17) is 16.3 Å². The van der Waals surface area contributed by atoms with Crippen LogP contribution in [0.15, 0.2) is 72.1 Å². The zero-order valence-electron chi connectivity index (χ0n) is 23.7. The van der Waals surface area contributed by atoms with Gasteiger partial charge in [-0.25, -0.2) is 9.59 Å². The van der Waals surface area contributed by atoms with E-state index in [1.807, 2.05) is 67.8 Å². The molecule has 9 heteroatoms. The summed E-state index contributed by atoms with van der Waals surface area (Å²) in [6, 6.07) is 19.6. The van der Waals surface area contributed by atoms with Gasteiger partial charge in [0.25, 0.3) is 0 Å². The Morgan fingerprint density at radius 2 is 1.67 bits per heavy atom. The van der Waals surface area contributed by atoms with Gasteiger partial charge >= 0.3 is 12.1 Å². The Labute approximate surface area is 254 Å². The van der Waals surface area contributed by atoms with Crippen LogP contribution in [0.3, 0.4) is 0 Å². The van der Waals surface area contributed by atoms with Crippen molar-refractivity contribution in [3.05, 3.63) is 93.8 Å². The van der Waals surface area contributed by atoms with Gasteiger partial charge in [-0.3, -0.25) is 9.69 Å². The molecule has 2 amide bonds. The van der Waals surface area contributed by atoms with E-state index in [2.05, 4.69) is 17.4 Å². The number of rotatable bonds is 10. The molecule has 0 saturated carbocycles. The fourth-order valence-corrected chi connectivity index (χ4v) is 6.74. The third kappa shape index (κ3) is 6.15. The topological polar surface area (TPSA) is 95.9 Å². The number of carboxylic acids is 1. The quantitative estimate of drug-likeness (QED) is 0.204. The summed E-state index contributed by atoms with van der Waals surface area (Å²) in [6.07, 6.45) is -0.231. The highest BCUT2D eigenvalue weighted by atomic mass is 35.5. The first-order valence-corrected chi connectivity index (χ1v) is 15.2. The van der Waals surface area contributed by atoms with Crippen LogP contribution in [-0.4, -0.2) is 53.7 Å². The lowest BCUT2D eigenvalue weighted by Crippen LogP contribution is -2.53. The molecule has 2 atom stereocenters. The number of nitrogens with one attached hydrogen (secondary N) is 1. The molecule has 0 radical (unpaired) electrons. The van der Waals surface area contributed by atoms with E-state index in [1.54, 1.807) is 6.07 Å². The monoisotopic (exact) mass is 604 g/mol. The van der Waals surface area contributed by atoms with Gasteiger partial charge in [0.2, 0.25) is 5.91 Å². The molecular weight excluding hydrogens is 572 g/mol. The molecule has 1 aromatic heterocycles. The molecule has 4 aromatic rings. The number of benzene rings is 3. The molecular formula is C33H33ClN2O5S. The van der Waals surface area contributed by atoms with Crippen molar-refractivity contribution >= 4 is 51.0 Å². The minimum atomic E-state index is -1.12. The van der Waals surface area contributed by atoms with Crippen molar-refractivity contribution in [2.75, 3.05) is 13.7 Å². The van der Waals surface area contributed by atoms with Gasteiger partial charge in [0.05, 0.1) is 0 Å². The summed E-state index contributed by atoms with van der Waals surface area (Å²) in [6.45, 7) is 3.89. The molecule has 2 N–H and O–H groups in total. The second-order valence-electron chi connectivity index (χ2n) is 11.1. The minimum absolute atomic E-state index is 0.0488. The van der Waals surface area contributed by atoms with Gasteiger partial charge < -0.3 is 15.2 Å². The summed E-state index contributed by atoms with van der Waals surface area (Å²) in [4.78, 5) is 40.4. The van der Waals surface area contributed by atoms with Gasteiger partial charge in [-0.1, -0.05) is 74.0 Å². The van der Waals surface area contributed by atoms with E-state index in [1.165, 1.54) is 23.3 Å². The number of fused-ring (bicyclic) bond motifs is 4. The summed E-state index contributed by atoms with van der Waals surface area (Å²) in [7, 11) is 1.52. The number of carbonyl (C=O) groups excluding carboxylic acids is 2. The molecule has 0 saturated heterocycles. The highest BCUT2D eigenvalue weighted by Gasteiger charge is 2.34. The number of carboxylic acid groups (broad SMARTS) is 1. The van der Waals surface area contributed by atoms with Gasteiger partial charge in [-0.05, 0) is 69.1 Å². The summed E-state index contributed by atoms with van der Waals surface area (Å²) < 4.78 is 6.85. The van der Waals surface area contributed by atoms with Crippen molar-refractivity contribution in [1.82, 2.24) is 10.2 Å². The molecule has 0 bridgehead atoms. The fraction of sp³-hybridized carbons (Fsp3) is 0.303. The minimum Gasteiger partial charge on any atom is -0.480 e. The molecule has 1 heterocycles. The van der Waals surface area contributed by atoms with Crippen molar-refractivity contribution < 1.29 is 24.2 Å². The number of likely N-dealkylation sites (N-methyl/N-ethyl adjacent to an activating group) is 1. The van der Waals surface area contributed by atoms with Crippen molar-refractivity contribution in [3.63, 3.8) is 0 Å². The third-order valence-electron chi connectivity index (χ3n) is 7.74. The first-order chi connectivity index (χ1) is 20.1. The van der Waals surface area contributed by atoms with Crippen molar-refractivity contribution in [2.45, 2.75) is 44.7 Å². The van der Waals surface area contributed by atoms with Gasteiger partial charge in [0, 0.05) is 29.1 Å². The maximum absolute atomic E-state index is 13.7. The van der Waals surface area contributed by atoms with E-state index < -0.39 is 30.1 Å². The van der Waals surface area contributed by atoms with Crippen LogP contribution in [-0.2, 0) is 20.7 Å². The van der Waals surface area contributed by atoms with Gasteiger partial charge in [-0.2, -0.15) is 0 Å². The van der Waals surface area contributed by atoms with E-state index in [0.29, 0.717) is 5.02 Å². The summed E-state index contributed by atoms with van der Waals surface area (Å²) in [5.41, 5.74) is 5.25. The van der Waals surface area contributed by atoms with Crippen LogP contribution in [0.5, 0.6) is 0 Å². The highest BCUT2D eigenvalue weighted by Crippen LogP contribution is 2.44. The lowest BCUT2D eigenvalue weighted by Gasteiger charge is -2.29. The molecule has 0 aliphatic heterocycles. The highest BCUT2D eigenvalue weighted by molar-refractivity contribution is 7.17. The van der Waals surface area contributed by atoms with Gasteiger partial charge in [0.1, 0.15) is 18.7 Å². The number of aliphatic carboxylic acids is 1. The van der Waals surface area contributed by atoms with E-state index >= 15 is 0 Å². The zero-order valence-corrected chi connectivity index (χ0v) is 25.2. The largest absolute Gasteiger partial charge is 0.480 e. The predicted molar refractivity (Wildman–Crippen MR) is 166 cm³/mol. The number of amides is 2. The first kappa shape index (κ1) is 29.6. The zero-order chi connectivity index (χ0) is 30.0. The smallest absolute Gasteiger partial charge is 0.410 e. The third-order valence-corrected chi connectivity index (χ3v) is 8.99. The van der Waals surface area contributed by atoms with E-state index in [0.717, 1.165) is 37.9 Å². The molecule has 42 heavy (non-hydrogen) atoms. The van der Waals surface area contributed by atoms with Crippen LogP contribution < -0.4 is 5.32 Å². The average Bonchev–Trinajstić information content (AvgIpc) is 3.51. The molecule has 218 valence electrons. The van der Waals surface area contributed by atoms with Gasteiger partial charge in [-0.15, -0.1) is 11.3 Å². The van der Waals surface area contributed by atoms with Gasteiger partial charge in [0.15, 0.2) is 0 Å². The maximum atomic E-state index is 13.7. The number of halogens is 1. The van der Waals surface area contributed by atoms with Crippen LogP contribution in [0, 0.1) is 5.92 Å². The molecule has 0 unspecified atom stereocenters. The maximum Gasteiger partial charge on any atom is 0.410 e. The Kier molecular flexibility index (Phi) is 8.85. The standard InChI is InChI=1S/C33H33ClN2O5S/c1-19(2)14-28(32(38)39)35-31(37)29(15-20-18-42-30-13-12-21(34)16-26(20)30)36(3)33(40)41-17-27-24-10-6-4-8-22(24)23-9-5-7-11-25(23)27/h4-13,16,18-19,27-29H,14-15,17H2,1-3H3,(H,35,37)(H,38,39)/t28-,29-/m0/s1. The lowest BCUT2D eigenvalue weighted by atomic mass is 9.98. The number of thiophene rings is 1. The van der Waals surface area contributed by atoms with E-state index in [-0.39, 0.29) is 31.3 Å². The second-order valence-corrected chi connectivity index (χ2v) is 12.4. The Bertz CT molecular complexity index is 1590. The SMILES string of the molecule is CC(C)C[C@H](NC(=O)[C@H](Cc1csc2ccc(Cl)cc12)N(C)C(=O)OCC1c2ccccc2-c2ccccc21)C(=O)O. The van der Waals surface area contributed by atoms with Crippen molar-refractivity contribution in [2.24, 2.45) is 5.92 Å². The summed E-state index contributed by atoms with van der Waals surface area (Å²) in [5, 5.41) is 15.8. The van der Waals surface area contributed by atoms with Crippen LogP contribution in [0.1, 0.15) is 42.9 Å². The van der Waals surface area contributed by atoms with E-state index in [9.17, 15) is 19.5 Å². The molecule has 1 aliphatic rings. The molecule has 5 rings (SSSR count). The number of hydrogen-bond donors (Lipinski definition) is 2. The van der Waals surface area contributed by atoms with Crippen molar-refractivity contribution in [1.29, 1.82) is 0 Å². The Morgan fingerprint density at radius 3 is 2.29 bits per heavy atom. The van der Waals surface area contributed by atoms with Crippen LogP contribution >= 0.6 is 22.9 Å². The Morgan fingerprint density at radius 1 is 1.02 bits per heavy atom. The average molecular weight is 605 g/mol.